The molecule has 1 aromatic heterocycles. The Kier molecular flexibility index (Phi) is 6.19. The van der Waals surface area contributed by atoms with Crippen molar-refractivity contribution in [2.45, 2.75) is 39.3 Å². The number of hydrogen-bond acceptors (Lipinski definition) is 2. The van der Waals surface area contributed by atoms with Gasteiger partial charge < -0.3 is 14.6 Å². The molecule has 1 heterocycles. The van der Waals surface area contributed by atoms with Crippen molar-refractivity contribution in [1.29, 1.82) is 0 Å². The molecule has 0 amide bonds. The predicted molar refractivity (Wildman–Crippen MR) is 67.6 cm³/mol. The molecule has 1 atom stereocenters. The third kappa shape index (κ3) is 3.99. The van der Waals surface area contributed by atoms with Crippen molar-refractivity contribution in [1.82, 2.24) is 9.88 Å². The average molecular weight is 224 g/mol. The Bertz CT molecular complexity index is 283. The normalized spacial score (nSPS) is 12.9. The highest BCUT2D eigenvalue weighted by atomic mass is 16.5. The maximum absolute atomic E-state index is 5.01. The van der Waals surface area contributed by atoms with Crippen LogP contribution in [-0.4, -0.2) is 24.8 Å². The molecule has 1 N–H and O–H groups in total. The largest absolute Gasteiger partial charge is 0.385 e. The van der Waals surface area contributed by atoms with Crippen LogP contribution in [-0.2, 0) is 11.3 Å². The van der Waals surface area contributed by atoms with Gasteiger partial charge in [0.15, 0.2) is 0 Å². The van der Waals surface area contributed by atoms with Crippen LogP contribution in [0.5, 0.6) is 0 Å². The maximum atomic E-state index is 5.01. The third-order valence-corrected chi connectivity index (χ3v) is 2.94. The van der Waals surface area contributed by atoms with Crippen LogP contribution in [0.25, 0.3) is 0 Å². The van der Waals surface area contributed by atoms with E-state index in [2.05, 4.69) is 42.1 Å². The molecule has 0 saturated carbocycles. The van der Waals surface area contributed by atoms with Crippen LogP contribution in [0.4, 0.5) is 0 Å². The third-order valence-electron chi connectivity index (χ3n) is 2.94. The van der Waals surface area contributed by atoms with E-state index in [0.717, 1.165) is 26.1 Å². The van der Waals surface area contributed by atoms with Gasteiger partial charge in [0.2, 0.25) is 0 Å². The first-order valence-corrected chi connectivity index (χ1v) is 6.15. The number of nitrogens with one attached hydrogen (secondary N) is 1. The van der Waals surface area contributed by atoms with E-state index >= 15 is 0 Å². The van der Waals surface area contributed by atoms with Crippen molar-refractivity contribution in [2.24, 2.45) is 0 Å². The molecule has 3 heteroatoms. The Labute approximate surface area is 98.8 Å². The molecule has 0 aliphatic heterocycles. The van der Waals surface area contributed by atoms with Crippen molar-refractivity contribution in [2.75, 3.05) is 20.3 Å². The summed E-state index contributed by atoms with van der Waals surface area (Å²) in [4.78, 5) is 0. The Morgan fingerprint density at radius 3 is 3.00 bits per heavy atom. The van der Waals surface area contributed by atoms with Gasteiger partial charge in [-0.25, -0.2) is 0 Å². The van der Waals surface area contributed by atoms with E-state index < -0.39 is 0 Å². The lowest BCUT2D eigenvalue weighted by Crippen LogP contribution is -2.19. The van der Waals surface area contributed by atoms with Crippen LogP contribution in [0.3, 0.4) is 0 Å². The van der Waals surface area contributed by atoms with Gasteiger partial charge in [-0.1, -0.05) is 6.92 Å². The van der Waals surface area contributed by atoms with E-state index in [-0.39, 0.29) is 0 Å². The van der Waals surface area contributed by atoms with Gasteiger partial charge >= 0.3 is 0 Å². The molecular formula is C13H24N2O. The SMILES string of the molecule is CCC(C)n1cccc1CNCCCOC. The lowest BCUT2D eigenvalue weighted by molar-refractivity contribution is 0.194. The minimum absolute atomic E-state index is 0.589. The van der Waals surface area contributed by atoms with Crippen LogP contribution < -0.4 is 5.32 Å². The summed E-state index contributed by atoms with van der Waals surface area (Å²) >= 11 is 0. The molecule has 0 aromatic carbocycles. The number of aromatic nitrogens is 1. The summed E-state index contributed by atoms with van der Waals surface area (Å²) in [5.41, 5.74) is 1.37. The molecule has 0 saturated heterocycles. The number of rotatable bonds is 8. The van der Waals surface area contributed by atoms with Gasteiger partial charge in [0.25, 0.3) is 0 Å². The molecule has 92 valence electrons. The molecule has 1 unspecified atom stereocenters. The van der Waals surface area contributed by atoms with E-state index in [9.17, 15) is 0 Å². The van der Waals surface area contributed by atoms with Crippen molar-refractivity contribution in [3.8, 4) is 0 Å². The van der Waals surface area contributed by atoms with Crippen LogP contribution in [0.2, 0.25) is 0 Å². The van der Waals surface area contributed by atoms with Crippen LogP contribution in [0.15, 0.2) is 18.3 Å². The van der Waals surface area contributed by atoms with Crippen LogP contribution >= 0.6 is 0 Å². The number of nitrogens with zero attached hydrogens (tertiary/aromatic N) is 1. The molecule has 3 nitrogen and oxygen atoms in total. The zero-order chi connectivity index (χ0) is 11.8. The molecular weight excluding hydrogens is 200 g/mol. The molecule has 0 radical (unpaired) electrons. The van der Waals surface area contributed by atoms with Crippen LogP contribution in [0.1, 0.15) is 38.4 Å². The van der Waals surface area contributed by atoms with Crippen molar-refractivity contribution < 1.29 is 4.74 Å². The van der Waals surface area contributed by atoms with Crippen molar-refractivity contribution in [3.05, 3.63) is 24.0 Å². The van der Waals surface area contributed by atoms with Crippen LogP contribution in [0, 0.1) is 0 Å². The predicted octanol–water partition coefficient (Wildman–Crippen LogP) is 2.59. The summed E-state index contributed by atoms with van der Waals surface area (Å²) in [6, 6.07) is 4.90. The Balaban J connectivity index is 2.33. The second-order valence-corrected chi connectivity index (χ2v) is 4.19. The molecule has 0 aliphatic rings. The summed E-state index contributed by atoms with van der Waals surface area (Å²) in [6.45, 7) is 7.27. The molecule has 1 aromatic rings. The number of hydrogen-bond donors (Lipinski definition) is 1. The summed E-state index contributed by atoms with van der Waals surface area (Å²) in [6.07, 6.45) is 4.41. The first-order chi connectivity index (χ1) is 7.79. The lowest BCUT2D eigenvalue weighted by Gasteiger charge is -2.16. The van der Waals surface area contributed by atoms with Gasteiger partial charge in [0.1, 0.15) is 0 Å². The van der Waals surface area contributed by atoms with E-state index in [1.54, 1.807) is 7.11 Å². The number of methoxy groups -OCH3 is 1. The first-order valence-electron chi connectivity index (χ1n) is 6.15. The highest BCUT2D eigenvalue weighted by Gasteiger charge is 2.05. The Morgan fingerprint density at radius 1 is 1.50 bits per heavy atom. The van der Waals surface area contributed by atoms with E-state index in [1.165, 1.54) is 12.1 Å². The first kappa shape index (κ1) is 13.3. The molecule has 0 fully saturated rings. The molecule has 0 spiro atoms. The Hall–Kier alpha value is -0.800. The second-order valence-electron chi connectivity index (χ2n) is 4.19. The van der Waals surface area contributed by atoms with Gasteiger partial charge in [-0.15, -0.1) is 0 Å². The number of ether oxygens (including phenoxy) is 1. The quantitative estimate of drug-likeness (QED) is 0.687. The highest BCUT2D eigenvalue weighted by Crippen LogP contribution is 2.14. The molecule has 16 heavy (non-hydrogen) atoms. The second kappa shape index (κ2) is 7.47. The van der Waals surface area contributed by atoms with Gasteiger partial charge in [-0.2, -0.15) is 0 Å². The topological polar surface area (TPSA) is 26.2 Å². The van der Waals surface area contributed by atoms with Gasteiger partial charge in [0.05, 0.1) is 0 Å². The monoisotopic (exact) mass is 224 g/mol. The molecule has 1 rings (SSSR count). The fraction of sp³-hybridized carbons (Fsp3) is 0.692. The summed E-state index contributed by atoms with van der Waals surface area (Å²) in [7, 11) is 1.74. The average Bonchev–Trinajstić information content (AvgIpc) is 2.76. The summed E-state index contributed by atoms with van der Waals surface area (Å²) in [5.74, 6) is 0. The zero-order valence-electron chi connectivity index (χ0n) is 10.7. The highest BCUT2D eigenvalue weighted by molar-refractivity contribution is 5.08. The smallest absolute Gasteiger partial charge is 0.0474 e. The fourth-order valence-corrected chi connectivity index (χ4v) is 1.76. The van der Waals surface area contributed by atoms with E-state index in [0.29, 0.717) is 6.04 Å². The minimum Gasteiger partial charge on any atom is -0.385 e. The molecule has 0 bridgehead atoms. The minimum atomic E-state index is 0.589. The van der Waals surface area contributed by atoms with E-state index in [1.807, 2.05) is 0 Å². The molecule has 0 aliphatic carbocycles. The van der Waals surface area contributed by atoms with Gasteiger partial charge in [0, 0.05) is 38.2 Å². The van der Waals surface area contributed by atoms with Crippen molar-refractivity contribution >= 4 is 0 Å². The fourth-order valence-electron chi connectivity index (χ4n) is 1.76. The maximum Gasteiger partial charge on any atom is 0.0474 e. The summed E-state index contributed by atoms with van der Waals surface area (Å²) < 4.78 is 7.36. The van der Waals surface area contributed by atoms with E-state index in [4.69, 9.17) is 4.74 Å². The van der Waals surface area contributed by atoms with Crippen molar-refractivity contribution in [3.63, 3.8) is 0 Å². The van der Waals surface area contributed by atoms with Gasteiger partial charge in [-0.05, 0) is 38.4 Å². The van der Waals surface area contributed by atoms with Gasteiger partial charge in [-0.3, -0.25) is 0 Å². The summed E-state index contributed by atoms with van der Waals surface area (Å²) in [5, 5.41) is 3.44. The Morgan fingerprint density at radius 2 is 2.31 bits per heavy atom. The zero-order valence-corrected chi connectivity index (χ0v) is 10.7. The lowest BCUT2D eigenvalue weighted by atomic mass is 10.2. The standard InChI is InChI=1S/C13H24N2O/c1-4-12(2)15-9-5-7-13(15)11-14-8-6-10-16-3/h5,7,9,12,14H,4,6,8,10-11H2,1-3H3.